The zero-order chi connectivity index (χ0) is 14.7. The van der Waals surface area contributed by atoms with Gasteiger partial charge in [0.25, 0.3) is 0 Å². The number of rotatable bonds is 3. The van der Waals surface area contributed by atoms with Crippen molar-refractivity contribution < 1.29 is 15.3 Å². The van der Waals surface area contributed by atoms with Gasteiger partial charge in [-0.3, -0.25) is 0 Å². The molecule has 3 heteroatoms. The Morgan fingerprint density at radius 3 is 2.15 bits per heavy atom. The molecular formula is C17H18O3. The van der Waals surface area contributed by atoms with Gasteiger partial charge in [0.05, 0.1) is 0 Å². The molecule has 0 saturated carbocycles. The fourth-order valence-electron chi connectivity index (χ4n) is 2.13. The third kappa shape index (κ3) is 2.77. The standard InChI is InChI=1S/C17H18O3/c1-11(2)15-14(18)10-13(16(19)17(15)20)9-8-12-6-4-3-5-7-12/h3-11,18-20H,1-2H3/b9-8+. The zero-order valence-electron chi connectivity index (χ0n) is 11.5. The van der Waals surface area contributed by atoms with Crippen molar-refractivity contribution in [3.63, 3.8) is 0 Å². The molecule has 0 fully saturated rings. The minimum absolute atomic E-state index is 0.0111. The highest BCUT2D eigenvalue weighted by molar-refractivity contribution is 5.76. The molecule has 0 amide bonds. The maximum absolute atomic E-state index is 10.0. The van der Waals surface area contributed by atoms with Crippen LogP contribution in [0.4, 0.5) is 0 Å². The van der Waals surface area contributed by atoms with Gasteiger partial charge in [-0.1, -0.05) is 56.3 Å². The Morgan fingerprint density at radius 2 is 1.55 bits per heavy atom. The van der Waals surface area contributed by atoms with Crippen molar-refractivity contribution in [3.8, 4) is 17.2 Å². The first-order valence-electron chi connectivity index (χ1n) is 6.51. The maximum Gasteiger partial charge on any atom is 0.165 e. The Kier molecular flexibility index (Phi) is 3.99. The fraction of sp³-hybridized carbons (Fsp3) is 0.176. The summed E-state index contributed by atoms with van der Waals surface area (Å²) in [5, 5.41) is 30.0. The number of phenols is 3. The van der Waals surface area contributed by atoms with E-state index in [4.69, 9.17) is 0 Å². The van der Waals surface area contributed by atoms with Crippen LogP contribution in [0.3, 0.4) is 0 Å². The van der Waals surface area contributed by atoms with Crippen LogP contribution in [-0.4, -0.2) is 15.3 Å². The van der Waals surface area contributed by atoms with Crippen molar-refractivity contribution in [3.05, 3.63) is 53.1 Å². The van der Waals surface area contributed by atoms with Gasteiger partial charge < -0.3 is 15.3 Å². The van der Waals surface area contributed by atoms with Crippen LogP contribution < -0.4 is 0 Å². The quantitative estimate of drug-likeness (QED) is 0.447. The van der Waals surface area contributed by atoms with Crippen molar-refractivity contribution in [1.82, 2.24) is 0 Å². The molecule has 0 atom stereocenters. The van der Waals surface area contributed by atoms with Crippen molar-refractivity contribution in [1.29, 1.82) is 0 Å². The normalized spacial score (nSPS) is 11.3. The second kappa shape index (κ2) is 5.70. The molecule has 2 aromatic carbocycles. The summed E-state index contributed by atoms with van der Waals surface area (Å²) in [6.07, 6.45) is 3.47. The molecule has 20 heavy (non-hydrogen) atoms. The first-order chi connectivity index (χ1) is 9.50. The molecule has 3 nitrogen and oxygen atoms in total. The maximum atomic E-state index is 10.0. The molecule has 2 rings (SSSR count). The molecule has 0 saturated heterocycles. The predicted octanol–water partition coefficient (Wildman–Crippen LogP) is 4.10. The Morgan fingerprint density at radius 1 is 0.900 bits per heavy atom. The molecule has 2 aromatic rings. The van der Waals surface area contributed by atoms with Crippen molar-refractivity contribution in [2.75, 3.05) is 0 Å². The largest absolute Gasteiger partial charge is 0.507 e. The van der Waals surface area contributed by atoms with Crippen LogP contribution >= 0.6 is 0 Å². The minimum atomic E-state index is -0.257. The third-order valence-electron chi connectivity index (χ3n) is 3.15. The van der Waals surface area contributed by atoms with Gasteiger partial charge in [0.1, 0.15) is 5.75 Å². The summed E-state index contributed by atoms with van der Waals surface area (Å²) in [4.78, 5) is 0. The number of benzene rings is 2. The second-order valence-corrected chi connectivity index (χ2v) is 4.99. The highest BCUT2D eigenvalue weighted by atomic mass is 16.3. The second-order valence-electron chi connectivity index (χ2n) is 4.99. The Balaban J connectivity index is 2.42. The van der Waals surface area contributed by atoms with E-state index in [1.165, 1.54) is 6.07 Å². The number of hydrogen-bond donors (Lipinski definition) is 3. The van der Waals surface area contributed by atoms with Crippen LogP contribution in [0.15, 0.2) is 36.4 Å². The summed E-state index contributed by atoms with van der Waals surface area (Å²) in [6.45, 7) is 3.68. The monoisotopic (exact) mass is 270 g/mol. The molecule has 0 aliphatic heterocycles. The van der Waals surface area contributed by atoms with Gasteiger partial charge >= 0.3 is 0 Å². The van der Waals surface area contributed by atoms with E-state index in [1.54, 1.807) is 6.08 Å². The Hall–Kier alpha value is -2.42. The Bertz CT molecular complexity index is 628. The van der Waals surface area contributed by atoms with Crippen LogP contribution in [0.5, 0.6) is 17.2 Å². The number of phenolic OH excluding ortho intramolecular Hbond substituents is 3. The lowest BCUT2D eigenvalue weighted by atomic mass is 9.97. The summed E-state index contributed by atoms with van der Waals surface area (Å²) in [5.74, 6) is -0.553. The lowest BCUT2D eigenvalue weighted by Gasteiger charge is -2.13. The number of hydrogen-bond acceptors (Lipinski definition) is 3. The van der Waals surface area contributed by atoms with E-state index in [0.29, 0.717) is 11.1 Å². The molecule has 104 valence electrons. The van der Waals surface area contributed by atoms with E-state index in [9.17, 15) is 15.3 Å². The molecule has 0 spiro atoms. The molecule has 0 aromatic heterocycles. The van der Waals surface area contributed by atoms with Gasteiger partial charge in [-0.2, -0.15) is 0 Å². The van der Waals surface area contributed by atoms with Gasteiger partial charge in [0.2, 0.25) is 0 Å². The van der Waals surface area contributed by atoms with E-state index >= 15 is 0 Å². The fourth-order valence-corrected chi connectivity index (χ4v) is 2.13. The molecule has 0 aliphatic rings. The highest BCUT2D eigenvalue weighted by Gasteiger charge is 2.17. The predicted molar refractivity (Wildman–Crippen MR) is 80.9 cm³/mol. The lowest BCUT2D eigenvalue weighted by molar-refractivity contribution is 0.386. The summed E-state index contributed by atoms with van der Waals surface area (Å²) >= 11 is 0. The van der Waals surface area contributed by atoms with Crippen molar-refractivity contribution in [2.24, 2.45) is 0 Å². The average molecular weight is 270 g/mol. The van der Waals surface area contributed by atoms with E-state index in [1.807, 2.05) is 50.3 Å². The highest BCUT2D eigenvalue weighted by Crippen LogP contribution is 2.43. The SMILES string of the molecule is CC(C)c1c(O)cc(/C=C/c2ccccc2)c(O)c1O. The van der Waals surface area contributed by atoms with Crippen molar-refractivity contribution >= 4 is 12.2 Å². The molecule has 0 radical (unpaired) electrons. The van der Waals surface area contributed by atoms with E-state index in [-0.39, 0.29) is 23.2 Å². The lowest BCUT2D eigenvalue weighted by Crippen LogP contribution is -1.91. The van der Waals surface area contributed by atoms with E-state index in [2.05, 4.69) is 0 Å². The molecule has 0 unspecified atom stereocenters. The third-order valence-corrected chi connectivity index (χ3v) is 3.15. The van der Waals surface area contributed by atoms with Gasteiger partial charge in [-0.05, 0) is 17.5 Å². The molecular weight excluding hydrogens is 252 g/mol. The number of aromatic hydroxyl groups is 3. The summed E-state index contributed by atoms with van der Waals surface area (Å²) in [7, 11) is 0. The van der Waals surface area contributed by atoms with Crippen LogP contribution in [0.1, 0.15) is 36.5 Å². The smallest absolute Gasteiger partial charge is 0.165 e. The summed E-state index contributed by atoms with van der Waals surface area (Å²) in [5.41, 5.74) is 1.71. The van der Waals surface area contributed by atoms with Crippen LogP contribution in [0.2, 0.25) is 0 Å². The summed E-state index contributed by atoms with van der Waals surface area (Å²) < 4.78 is 0. The van der Waals surface area contributed by atoms with Gasteiger partial charge in [-0.25, -0.2) is 0 Å². The topological polar surface area (TPSA) is 60.7 Å². The van der Waals surface area contributed by atoms with Gasteiger partial charge in [0.15, 0.2) is 11.5 Å². The minimum Gasteiger partial charge on any atom is -0.507 e. The van der Waals surface area contributed by atoms with E-state index < -0.39 is 0 Å². The van der Waals surface area contributed by atoms with E-state index in [0.717, 1.165) is 5.56 Å². The van der Waals surface area contributed by atoms with Gasteiger partial charge in [0, 0.05) is 11.1 Å². The van der Waals surface area contributed by atoms with Crippen molar-refractivity contribution in [2.45, 2.75) is 19.8 Å². The van der Waals surface area contributed by atoms with Crippen LogP contribution in [0.25, 0.3) is 12.2 Å². The molecule has 0 aliphatic carbocycles. The van der Waals surface area contributed by atoms with Crippen LogP contribution in [-0.2, 0) is 0 Å². The molecule has 3 N–H and O–H groups in total. The molecule has 0 bridgehead atoms. The van der Waals surface area contributed by atoms with Gasteiger partial charge in [-0.15, -0.1) is 0 Å². The zero-order valence-corrected chi connectivity index (χ0v) is 11.5. The average Bonchev–Trinajstić information content (AvgIpc) is 2.42. The first-order valence-corrected chi connectivity index (χ1v) is 6.51. The molecule has 0 heterocycles. The van der Waals surface area contributed by atoms with Crippen LogP contribution in [0, 0.1) is 0 Å². The first kappa shape index (κ1) is 14.0. The summed E-state index contributed by atoms with van der Waals surface area (Å²) in [6, 6.07) is 11.1. The Labute approximate surface area is 118 Å².